The molecule has 0 bridgehead atoms. The fraction of sp³-hybridized carbons (Fsp3) is 0.941. The fourth-order valence-electron chi connectivity index (χ4n) is 4.22. The average molecular weight is 266 g/mol. The topological polar surface area (TPSA) is 26.3 Å². The van der Waals surface area contributed by atoms with Crippen LogP contribution in [0.15, 0.2) is 0 Å². The van der Waals surface area contributed by atoms with E-state index in [1.54, 1.807) is 0 Å². The van der Waals surface area contributed by atoms with Crippen LogP contribution in [-0.2, 0) is 9.53 Å². The molecule has 2 nitrogen and oxygen atoms in total. The second-order valence-corrected chi connectivity index (χ2v) is 6.69. The van der Waals surface area contributed by atoms with E-state index in [2.05, 4.69) is 6.92 Å². The van der Waals surface area contributed by atoms with Crippen molar-refractivity contribution < 1.29 is 9.53 Å². The Morgan fingerprint density at radius 3 is 2.05 bits per heavy atom. The van der Waals surface area contributed by atoms with Crippen molar-refractivity contribution in [2.75, 3.05) is 0 Å². The maximum atomic E-state index is 10.4. The Kier molecular flexibility index (Phi) is 6.19. The van der Waals surface area contributed by atoms with Crippen molar-refractivity contribution >= 4 is 6.47 Å². The van der Waals surface area contributed by atoms with Crippen molar-refractivity contribution in [1.29, 1.82) is 0 Å². The molecule has 2 fully saturated rings. The SMILES string of the molecule is CCCCC1CCC(C2CCC(OC=O)CC2)CC1. The van der Waals surface area contributed by atoms with Gasteiger partial charge in [0.05, 0.1) is 0 Å². The Balaban J connectivity index is 1.66. The number of carbonyl (C=O) groups excluding carboxylic acids is 1. The summed E-state index contributed by atoms with van der Waals surface area (Å²) in [6.45, 7) is 2.93. The van der Waals surface area contributed by atoms with E-state index in [4.69, 9.17) is 4.74 Å². The highest BCUT2D eigenvalue weighted by atomic mass is 16.5. The molecule has 0 aromatic carbocycles. The molecular weight excluding hydrogens is 236 g/mol. The van der Waals surface area contributed by atoms with E-state index in [1.165, 1.54) is 57.8 Å². The third-order valence-electron chi connectivity index (χ3n) is 5.49. The van der Waals surface area contributed by atoms with Crippen LogP contribution < -0.4 is 0 Å². The molecule has 2 saturated carbocycles. The fourth-order valence-corrected chi connectivity index (χ4v) is 4.22. The van der Waals surface area contributed by atoms with Crippen LogP contribution in [0.1, 0.15) is 77.6 Å². The molecule has 0 unspecified atom stereocenters. The van der Waals surface area contributed by atoms with Gasteiger partial charge in [-0.2, -0.15) is 0 Å². The summed E-state index contributed by atoms with van der Waals surface area (Å²) in [6, 6.07) is 0. The molecule has 110 valence electrons. The predicted octanol–water partition coefficient (Wildman–Crippen LogP) is 4.71. The van der Waals surface area contributed by atoms with Crippen LogP contribution in [0.25, 0.3) is 0 Å². The van der Waals surface area contributed by atoms with E-state index >= 15 is 0 Å². The summed E-state index contributed by atoms with van der Waals surface area (Å²) in [6.07, 6.45) is 15.0. The Morgan fingerprint density at radius 2 is 1.53 bits per heavy atom. The van der Waals surface area contributed by atoms with Gasteiger partial charge in [-0.15, -0.1) is 0 Å². The normalized spacial score (nSPS) is 35.8. The molecule has 0 amide bonds. The minimum absolute atomic E-state index is 0.217. The summed E-state index contributed by atoms with van der Waals surface area (Å²) >= 11 is 0. The first-order chi connectivity index (χ1) is 9.33. The lowest BCUT2D eigenvalue weighted by Gasteiger charge is -2.37. The molecule has 19 heavy (non-hydrogen) atoms. The second kappa shape index (κ2) is 7.91. The predicted molar refractivity (Wildman–Crippen MR) is 77.9 cm³/mol. The summed E-state index contributed by atoms with van der Waals surface area (Å²) < 4.78 is 5.10. The van der Waals surface area contributed by atoms with Crippen LogP contribution >= 0.6 is 0 Å². The van der Waals surface area contributed by atoms with Crippen molar-refractivity contribution in [3.8, 4) is 0 Å². The molecule has 0 N–H and O–H groups in total. The first kappa shape index (κ1) is 14.9. The molecule has 0 aromatic rings. The average Bonchev–Trinajstić information content (AvgIpc) is 2.47. The second-order valence-electron chi connectivity index (χ2n) is 6.69. The summed E-state index contributed by atoms with van der Waals surface area (Å²) in [5.41, 5.74) is 0. The zero-order chi connectivity index (χ0) is 13.5. The van der Waals surface area contributed by atoms with E-state index in [0.29, 0.717) is 6.47 Å². The summed E-state index contributed by atoms with van der Waals surface area (Å²) in [7, 11) is 0. The minimum atomic E-state index is 0.217. The van der Waals surface area contributed by atoms with Crippen molar-refractivity contribution in [2.45, 2.75) is 83.7 Å². The number of rotatable bonds is 6. The lowest BCUT2D eigenvalue weighted by molar-refractivity contribution is -0.135. The van der Waals surface area contributed by atoms with Gasteiger partial charge in [-0.05, 0) is 56.3 Å². The van der Waals surface area contributed by atoms with Gasteiger partial charge in [0, 0.05) is 0 Å². The molecule has 0 heterocycles. The Bertz CT molecular complexity index is 248. The lowest BCUT2D eigenvalue weighted by Crippen LogP contribution is -2.28. The van der Waals surface area contributed by atoms with Crippen LogP contribution in [0.5, 0.6) is 0 Å². The van der Waals surface area contributed by atoms with Gasteiger partial charge in [0.15, 0.2) is 0 Å². The summed E-state index contributed by atoms with van der Waals surface area (Å²) in [5.74, 6) is 2.90. The van der Waals surface area contributed by atoms with Crippen molar-refractivity contribution in [1.82, 2.24) is 0 Å². The number of ether oxygens (including phenoxy) is 1. The molecule has 2 heteroatoms. The first-order valence-corrected chi connectivity index (χ1v) is 8.42. The molecule has 2 rings (SSSR count). The minimum Gasteiger partial charge on any atom is -0.465 e. The zero-order valence-electron chi connectivity index (χ0n) is 12.5. The molecule has 0 aromatic heterocycles. The summed E-state index contributed by atoms with van der Waals surface area (Å²) in [4.78, 5) is 10.4. The molecule has 0 saturated heterocycles. The highest BCUT2D eigenvalue weighted by Gasteiger charge is 2.31. The Morgan fingerprint density at radius 1 is 0.947 bits per heavy atom. The number of hydrogen-bond acceptors (Lipinski definition) is 2. The Hall–Kier alpha value is -0.530. The molecule has 0 aliphatic heterocycles. The number of hydrogen-bond donors (Lipinski definition) is 0. The Labute approximate surface area is 118 Å². The number of carbonyl (C=O) groups is 1. The number of unbranched alkanes of at least 4 members (excludes halogenated alkanes) is 1. The van der Waals surface area contributed by atoms with Gasteiger partial charge >= 0.3 is 0 Å². The largest absolute Gasteiger partial charge is 0.465 e. The van der Waals surface area contributed by atoms with E-state index in [1.807, 2.05) is 0 Å². The van der Waals surface area contributed by atoms with Crippen LogP contribution in [0.4, 0.5) is 0 Å². The lowest BCUT2D eigenvalue weighted by atomic mass is 9.70. The molecular formula is C17H30O2. The van der Waals surface area contributed by atoms with Gasteiger partial charge < -0.3 is 4.74 Å². The molecule has 0 radical (unpaired) electrons. The standard InChI is InChI=1S/C17H30O2/c1-2-3-4-14-5-7-15(8-6-14)16-9-11-17(12-10-16)19-13-18/h13-17H,2-12H2,1H3. The maximum absolute atomic E-state index is 10.4. The van der Waals surface area contributed by atoms with Crippen LogP contribution in [-0.4, -0.2) is 12.6 Å². The zero-order valence-corrected chi connectivity index (χ0v) is 12.5. The first-order valence-electron chi connectivity index (χ1n) is 8.42. The highest BCUT2D eigenvalue weighted by Crippen LogP contribution is 2.41. The van der Waals surface area contributed by atoms with Gasteiger partial charge in [0.25, 0.3) is 6.47 Å². The van der Waals surface area contributed by atoms with Crippen molar-refractivity contribution in [3.63, 3.8) is 0 Å². The van der Waals surface area contributed by atoms with Gasteiger partial charge in [-0.3, -0.25) is 4.79 Å². The quantitative estimate of drug-likeness (QED) is 0.650. The monoisotopic (exact) mass is 266 g/mol. The van der Waals surface area contributed by atoms with E-state index in [0.717, 1.165) is 30.6 Å². The highest BCUT2D eigenvalue weighted by molar-refractivity contribution is 5.37. The van der Waals surface area contributed by atoms with Crippen molar-refractivity contribution in [2.24, 2.45) is 17.8 Å². The van der Waals surface area contributed by atoms with Gasteiger partial charge in [-0.25, -0.2) is 0 Å². The van der Waals surface area contributed by atoms with Crippen LogP contribution in [0, 0.1) is 17.8 Å². The molecule has 2 aliphatic carbocycles. The van der Waals surface area contributed by atoms with E-state index in [9.17, 15) is 4.79 Å². The third-order valence-corrected chi connectivity index (χ3v) is 5.49. The maximum Gasteiger partial charge on any atom is 0.293 e. The molecule has 0 atom stereocenters. The molecule has 0 spiro atoms. The third kappa shape index (κ3) is 4.50. The van der Waals surface area contributed by atoms with Crippen LogP contribution in [0.3, 0.4) is 0 Å². The molecule has 2 aliphatic rings. The van der Waals surface area contributed by atoms with E-state index in [-0.39, 0.29) is 6.10 Å². The smallest absolute Gasteiger partial charge is 0.293 e. The van der Waals surface area contributed by atoms with Gasteiger partial charge in [0.1, 0.15) is 6.10 Å². The summed E-state index contributed by atoms with van der Waals surface area (Å²) in [5, 5.41) is 0. The van der Waals surface area contributed by atoms with Gasteiger partial charge in [-0.1, -0.05) is 39.0 Å². The van der Waals surface area contributed by atoms with Crippen molar-refractivity contribution in [3.05, 3.63) is 0 Å². The van der Waals surface area contributed by atoms with Crippen LogP contribution in [0.2, 0.25) is 0 Å². The van der Waals surface area contributed by atoms with Gasteiger partial charge in [0.2, 0.25) is 0 Å². The van der Waals surface area contributed by atoms with E-state index < -0.39 is 0 Å².